The van der Waals surface area contributed by atoms with Gasteiger partial charge in [0.1, 0.15) is 5.75 Å². The third kappa shape index (κ3) is 4.71. The van der Waals surface area contributed by atoms with Crippen LogP contribution in [0.4, 0.5) is 0 Å². The van der Waals surface area contributed by atoms with Crippen LogP contribution < -0.4 is 14.2 Å². The lowest BCUT2D eigenvalue weighted by Gasteiger charge is -2.19. The Balaban J connectivity index is 1.73. The van der Waals surface area contributed by atoms with Gasteiger partial charge in [-0.15, -0.1) is 0 Å². The maximum Gasteiger partial charge on any atom is 0.246 e. The monoisotopic (exact) mass is 411 g/mol. The number of benzene rings is 2. The molecule has 0 unspecified atom stereocenters. The lowest BCUT2D eigenvalue weighted by atomic mass is 10.1. The molecule has 0 radical (unpaired) electrons. The van der Waals surface area contributed by atoms with E-state index in [0.717, 1.165) is 11.1 Å². The summed E-state index contributed by atoms with van der Waals surface area (Å²) in [6.07, 6.45) is 0.231. The number of aromatic nitrogens is 2. The topological polar surface area (TPSA) is 86.9 Å². The van der Waals surface area contributed by atoms with Gasteiger partial charge in [0.2, 0.25) is 17.6 Å². The van der Waals surface area contributed by atoms with Gasteiger partial charge >= 0.3 is 0 Å². The Kier molecular flexibility index (Phi) is 6.90. The molecule has 3 rings (SSSR count). The number of ether oxygens (including phenoxy) is 3. The molecule has 0 N–H and O–H groups in total. The third-order valence-corrected chi connectivity index (χ3v) is 4.70. The Morgan fingerprint density at radius 1 is 1.00 bits per heavy atom. The van der Waals surface area contributed by atoms with Crippen molar-refractivity contribution >= 4 is 5.91 Å². The Morgan fingerprint density at radius 2 is 1.73 bits per heavy atom. The van der Waals surface area contributed by atoms with E-state index in [0.29, 0.717) is 35.5 Å². The molecule has 1 aromatic heterocycles. The van der Waals surface area contributed by atoms with Gasteiger partial charge in [-0.05, 0) is 31.2 Å². The number of hydrogen-bond acceptors (Lipinski definition) is 7. The van der Waals surface area contributed by atoms with Gasteiger partial charge in [-0.2, -0.15) is 4.98 Å². The summed E-state index contributed by atoms with van der Waals surface area (Å²) in [6, 6.07) is 12.9. The quantitative estimate of drug-likeness (QED) is 0.534. The summed E-state index contributed by atoms with van der Waals surface area (Å²) in [7, 11) is 4.73. The molecule has 0 bridgehead atoms. The minimum absolute atomic E-state index is 0.0483. The average molecular weight is 411 g/mol. The highest BCUT2D eigenvalue weighted by Gasteiger charge is 2.19. The van der Waals surface area contributed by atoms with Crippen LogP contribution in [0.25, 0.3) is 11.4 Å². The molecule has 0 saturated carbocycles. The number of rotatable bonds is 9. The zero-order valence-corrected chi connectivity index (χ0v) is 17.5. The third-order valence-electron chi connectivity index (χ3n) is 4.70. The summed E-state index contributed by atoms with van der Waals surface area (Å²) in [6.45, 7) is 2.65. The maximum absolute atomic E-state index is 12.8. The van der Waals surface area contributed by atoms with Gasteiger partial charge in [0, 0.05) is 17.7 Å². The van der Waals surface area contributed by atoms with E-state index in [1.54, 1.807) is 38.4 Å². The smallest absolute Gasteiger partial charge is 0.246 e. The summed E-state index contributed by atoms with van der Waals surface area (Å²) in [5, 5.41) is 4.03. The molecule has 0 atom stereocenters. The molecule has 2 aromatic carbocycles. The van der Waals surface area contributed by atoms with Crippen LogP contribution in [-0.2, 0) is 17.8 Å². The first-order chi connectivity index (χ1) is 14.6. The van der Waals surface area contributed by atoms with Crippen LogP contribution >= 0.6 is 0 Å². The molecular weight excluding hydrogens is 386 g/mol. The zero-order valence-electron chi connectivity index (χ0n) is 17.5. The molecule has 0 fully saturated rings. The molecule has 158 valence electrons. The number of methoxy groups -OCH3 is 3. The molecule has 30 heavy (non-hydrogen) atoms. The van der Waals surface area contributed by atoms with E-state index in [9.17, 15) is 4.79 Å². The maximum atomic E-state index is 12.8. The predicted molar refractivity (Wildman–Crippen MR) is 111 cm³/mol. The predicted octanol–water partition coefficient (Wildman–Crippen LogP) is 3.35. The fraction of sp³-hybridized carbons (Fsp3) is 0.318. The molecule has 8 nitrogen and oxygen atoms in total. The van der Waals surface area contributed by atoms with Crippen molar-refractivity contribution in [1.82, 2.24) is 15.0 Å². The van der Waals surface area contributed by atoms with Crippen molar-refractivity contribution in [2.75, 3.05) is 27.9 Å². The molecule has 3 aromatic rings. The minimum atomic E-state index is -0.0483. The van der Waals surface area contributed by atoms with Gasteiger partial charge in [0.05, 0.1) is 34.3 Å². The molecular formula is C22H25N3O5. The summed E-state index contributed by atoms with van der Waals surface area (Å²) < 4.78 is 21.3. The molecule has 0 saturated heterocycles. The standard InChI is InChI=1S/C22H25N3O5/c1-5-25(21(26)13-15-8-6-7-9-17(15)27-2)14-20-23-22(24-30-20)16-10-11-18(28-3)19(12-16)29-4/h6-12H,5,13-14H2,1-4H3. The van der Waals surface area contributed by atoms with Crippen LogP contribution in [0, 0.1) is 0 Å². The second kappa shape index (κ2) is 9.78. The Hall–Kier alpha value is -3.55. The van der Waals surface area contributed by atoms with Crippen molar-refractivity contribution in [1.29, 1.82) is 0 Å². The van der Waals surface area contributed by atoms with E-state index < -0.39 is 0 Å². The second-order valence-electron chi connectivity index (χ2n) is 6.48. The highest BCUT2D eigenvalue weighted by molar-refractivity contribution is 5.79. The first-order valence-electron chi connectivity index (χ1n) is 9.54. The van der Waals surface area contributed by atoms with Crippen LogP contribution in [0.1, 0.15) is 18.4 Å². The van der Waals surface area contributed by atoms with Gasteiger partial charge in [-0.1, -0.05) is 23.4 Å². The number of hydrogen-bond donors (Lipinski definition) is 0. The molecule has 1 amide bonds. The number of carbonyl (C=O) groups is 1. The second-order valence-corrected chi connectivity index (χ2v) is 6.48. The fourth-order valence-electron chi connectivity index (χ4n) is 3.07. The molecule has 8 heteroatoms. The molecule has 0 spiro atoms. The normalized spacial score (nSPS) is 10.5. The summed E-state index contributed by atoms with van der Waals surface area (Å²) in [4.78, 5) is 18.9. The highest BCUT2D eigenvalue weighted by Crippen LogP contribution is 2.31. The lowest BCUT2D eigenvalue weighted by molar-refractivity contribution is -0.131. The van der Waals surface area contributed by atoms with Crippen molar-refractivity contribution in [3.8, 4) is 28.6 Å². The lowest BCUT2D eigenvalue weighted by Crippen LogP contribution is -2.31. The summed E-state index contributed by atoms with van der Waals surface area (Å²) in [5.74, 6) is 2.60. The minimum Gasteiger partial charge on any atom is -0.496 e. The Bertz CT molecular complexity index is 1000. The van der Waals surface area contributed by atoms with E-state index in [-0.39, 0.29) is 18.9 Å². The van der Waals surface area contributed by atoms with Crippen LogP contribution in [-0.4, -0.2) is 48.8 Å². The number of carbonyl (C=O) groups excluding carboxylic acids is 1. The van der Waals surface area contributed by atoms with Crippen molar-refractivity contribution in [3.63, 3.8) is 0 Å². The fourth-order valence-corrected chi connectivity index (χ4v) is 3.07. The SMILES string of the molecule is CCN(Cc1nc(-c2ccc(OC)c(OC)c2)no1)C(=O)Cc1ccccc1OC. The van der Waals surface area contributed by atoms with Gasteiger partial charge in [-0.25, -0.2) is 0 Å². The van der Waals surface area contributed by atoms with Crippen LogP contribution in [0.5, 0.6) is 17.2 Å². The van der Waals surface area contributed by atoms with E-state index in [4.69, 9.17) is 18.7 Å². The summed E-state index contributed by atoms with van der Waals surface area (Å²) >= 11 is 0. The van der Waals surface area contributed by atoms with E-state index in [1.165, 1.54) is 0 Å². The van der Waals surface area contributed by atoms with E-state index in [2.05, 4.69) is 10.1 Å². The van der Waals surface area contributed by atoms with Gasteiger partial charge in [0.15, 0.2) is 11.5 Å². The molecule has 0 aliphatic carbocycles. The molecule has 0 aliphatic heterocycles. The number of para-hydroxylation sites is 1. The van der Waals surface area contributed by atoms with E-state index >= 15 is 0 Å². The van der Waals surface area contributed by atoms with E-state index in [1.807, 2.05) is 37.3 Å². The number of nitrogens with zero attached hydrogens (tertiary/aromatic N) is 3. The van der Waals surface area contributed by atoms with Crippen molar-refractivity contribution in [2.24, 2.45) is 0 Å². The number of likely N-dealkylation sites (N-methyl/N-ethyl adjacent to an activating group) is 1. The highest BCUT2D eigenvalue weighted by atomic mass is 16.5. The first kappa shape index (κ1) is 21.2. The van der Waals surface area contributed by atoms with Crippen LogP contribution in [0.2, 0.25) is 0 Å². The first-order valence-corrected chi connectivity index (χ1v) is 9.54. The van der Waals surface area contributed by atoms with Crippen LogP contribution in [0.15, 0.2) is 47.0 Å². The molecule has 0 aliphatic rings. The largest absolute Gasteiger partial charge is 0.496 e. The van der Waals surface area contributed by atoms with Gasteiger partial charge in [0.25, 0.3) is 0 Å². The summed E-state index contributed by atoms with van der Waals surface area (Å²) in [5.41, 5.74) is 1.56. The van der Waals surface area contributed by atoms with Crippen molar-refractivity contribution in [2.45, 2.75) is 19.9 Å². The molecule has 1 heterocycles. The van der Waals surface area contributed by atoms with Crippen LogP contribution in [0.3, 0.4) is 0 Å². The van der Waals surface area contributed by atoms with Gasteiger partial charge in [-0.3, -0.25) is 4.79 Å². The number of amides is 1. The average Bonchev–Trinajstić information content (AvgIpc) is 3.25. The Morgan fingerprint density at radius 3 is 2.43 bits per heavy atom. The van der Waals surface area contributed by atoms with Gasteiger partial charge < -0.3 is 23.6 Å². The zero-order chi connectivity index (χ0) is 21.5. The van der Waals surface area contributed by atoms with Crippen molar-refractivity contribution < 1.29 is 23.5 Å². The van der Waals surface area contributed by atoms with Crippen molar-refractivity contribution in [3.05, 3.63) is 53.9 Å². The Labute approximate surface area is 175 Å².